The van der Waals surface area contributed by atoms with Gasteiger partial charge in [-0.15, -0.1) is 0 Å². The van der Waals surface area contributed by atoms with E-state index < -0.39 is 0 Å². The second-order valence-corrected chi connectivity index (χ2v) is 5.82. The Hall–Kier alpha value is -1.13. The van der Waals surface area contributed by atoms with Crippen LogP contribution in [0.25, 0.3) is 0 Å². The third-order valence-corrected chi connectivity index (χ3v) is 4.19. The maximum atomic E-state index is 6.34. The fourth-order valence-electron chi connectivity index (χ4n) is 2.81. The van der Waals surface area contributed by atoms with E-state index in [0.29, 0.717) is 16.6 Å². The Kier molecular flexibility index (Phi) is 3.94. The number of aromatic nitrogens is 1. The Labute approximate surface area is 128 Å². The highest BCUT2D eigenvalue weighted by Crippen LogP contribution is 2.40. The van der Waals surface area contributed by atoms with E-state index in [1.54, 1.807) is 12.3 Å². The maximum Gasteiger partial charge on any atom is 0.0495 e. The molecule has 2 aromatic rings. The molecule has 0 spiro atoms. The van der Waals surface area contributed by atoms with Gasteiger partial charge in [0.15, 0.2) is 0 Å². The summed E-state index contributed by atoms with van der Waals surface area (Å²) in [6, 6.07) is 7.92. The highest BCUT2D eigenvalue weighted by atomic mass is 35.5. The molecule has 0 fully saturated rings. The van der Waals surface area contributed by atoms with Gasteiger partial charge in [-0.25, -0.2) is 0 Å². The van der Waals surface area contributed by atoms with Gasteiger partial charge in [0.05, 0.1) is 0 Å². The lowest BCUT2D eigenvalue weighted by Gasteiger charge is -2.24. The first-order valence-electron chi connectivity index (χ1n) is 6.50. The van der Waals surface area contributed by atoms with Crippen molar-refractivity contribution in [2.45, 2.75) is 19.1 Å². The van der Waals surface area contributed by atoms with E-state index in [-0.39, 0.29) is 6.04 Å². The van der Waals surface area contributed by atoms with E-state index in [4.69, 9.17) is 28.9 Å². The van der Waals surface area contributed by atoms with E-state index in [9.17, 15) is 0 Å². The number of nitrogens with zero attached hydrogens (tertiary/aromatic N) is 2. The van der Waals surface area contributed by atoms with Crippen molar-refractivity contribution in [2.75, 3.05) is 6.54 Å². The first-order chi connectivity index (χ1) is 9.69. The molecule has 2 heterocycles. The third kappa shape index (κ3) is 2.54. The van der Waals surface area contributed by atoms with Gasteiger partial charge in [0.2, 0.25) is 0 Å². The Bertz CT molecular complexity index is 616. The van der Waals surface area contributed by atoms with Gasteiger partial charge in [0.25, 0.3) is 0 Å². The van der Waals surface area contributed by atoms with Gasteiger partial charge in [0, 0.05) is 48.1 Å². The number of nitrogens with two attached hydrogens (primary N) is 1. The molecular formula is C15H15Cl2N3. The summed E-state index contributed by atoms with van der Waals surface area (Å²) in [6.07, 6.45) is 3.66. The van der Waals surface area contributed by atoms with Crippen molar-refractivity contribution in [1.82, 2.24) is 9.88 Å². The lowest BCUT2D eigenvalue weighted by Crippen LogP contribution is -2.27. The second kappa shape index (κ2) is 5.70. The molecule has 0 saturated carbocycles. The molecule has 5 heteroatoms. The lowest BCUT2D eigenvalue weighted by atomic mass is 10.0. The molecule has 0 radical (unpaired) electrons. The number of fused-ring (bicyclic) bond motifs is 1. The summed E-state index contributed by atoms with van der Waals surface area (Å²) in [5, 5.41) is 1.38. The van der Waals surface area contributed by atoms with Crippen LogP contribution in [-0.2, 0) is 13.1 Å². The van der Waals surface area contributed by atoms with Crippen LogP contribution in [0.5, 0.6) is 0 Å². The summed E-state index contributed by atoms with van der Waals surface area (Å²) in [4.78, 5) is 6.46. The normalized spacial score (nSPS) is 18.2. The van der Waals surface area contributed by atoms with Crippen LogP contribution in [0.1, 0.15) is 22.7 Å². The van der Waals surface area contributed by atoms with Gasteiger partial charge in [-0.3, -0.25) is 9.88 Å². The Balaban J connectivity index is 1.91. The van der Waals surface area contributed by atoms with E-state index in [0.717, 1.165) is 18.7 Å². The van der Waals surface area contributed by atoms with Gasteiger partial charge >= 0.3 is 0 Å². The molecule has 1 unspecified atom stereocenters. The van der Waals surface area contributed by atoms with Crippen LogP contribution in [0, 0.1) is 0 Å². The molecule has 104 valence electrons. The van der Waals surface area contributed by atoms with Gasteiger partial charge in [0.1, 0.15) is 0 Å². The summed E-state index contributed by atoms with van der Waals surface area (Å²) in [6.45, 7) is 2.15. The van der Waals surface area contributed by atoms with Gasteiger partial charge < -0.3 is 5.73 Å². The first-order valence-corrected chi connectivity index (χ1v) is 7.25. The van der Waals surface area contributed by atoms with Crippen molar-refractivity contribution in [2.24, 2.45) is 5.73 Å². The summed E-state index contributed by atoms with van der Waals surface area (Å²) in [5.41, 5.74) is 9.40. The molecule has 0 saturated heterocycles. The molecular weight excluding hydrogens is 293 g/mol. The molecule has 3 nitrogen and oxygen atoms in total. The van der Waals surface area contributed by atoms with Crippen molar-refractivity contribution in [3.8, 4) is 0 Å². The highest BCUT2D eigenvalue weighted by molar-refractivity contribution is 6.35. The Morgan fingerprint density at radius 3 is 2.90 bits per heavy atom. The van der Waals surface area contributed by atoms with Crippen molar-refractivity contribution >= 4 is 23.2 Å². The lowest BCUT2D eigenvalue weighted by molar-refractivity contribution is 0.211. The quantitative estimate of drug-likeness (QED) is 0.945. The summed E-state index contributed by atoms with van der Waals surface area (Å²) < 4.78 is 0. The standard InChI is InChI=1S/C15H15Cl2N3/c16-12-4-11-9-20(8-10-2-1-3-19-7-10)14(6-18)15(11)13(17)5-12/h1-5,7,14H,6,8-9,18H2. The van der Waals surface area contributed by atoms with Crippen LogP contribution in [0.2, 0.25) is 10.0 Å². The van der Waals surface area contributed by atoms with Gasteiger partial charge in [-0.2, -0.15) is 0 Å². The molecule has 0 amide bonds. The number of benzene rings is 1. The SMILES string of the molecule is NCC1c2c(Cl)cc(Cl)cc2CN1Cc1cccnc1. The Morgan fingerprint density at radius 1 is 1.35 bits per heavy atom. The van der Waals surface area contributed by atoms with Crippen LogP contribution in [-0.4, -0.2) is 16.4 Å². The molecule has 0 aliphatic carbocycles. The molecule has 1 atom stereocenters. The van der Waals surface area contributed by atoms with E-state index in [2.05, 4.69) is 16.0 Å². The minimum Gasteiger partial charge on any atom is -0.329 e. The fourth-order valence-corrected chi connectivity index (χ4v) is 3.47. The highest BCUT2D eigenvalue weighted by Gasteiger charge is 2.31. The van der Waals surface area contributed by atoms with Crippen molar-refractivity contribution < 1.29 is 0 Å². The van der Waals surface area contributed by atoms with Crippen LogP contribution >= 0.6 is 23.2 Å². The summed E-state index contributed by atoms with van der Waals surface area (Å²) >= 11 is 12.4. The van der Waals surface area contributed by atoms with Crippen molar-refractivity contribution in [3.63, 3.8) is 0 Å². The first kappa shape index (κ1) is 13.8. The average Bonchev–Trinajstić information content (AvgIpc) is 2.77. The zero-order valence-electron chi connectivity index (χ0n) is 10.9. The monoisotopic (exact) mass is 307 g/mol. The predicted octanol–water partition coefficient (Wildman–Crippen LogP) is 3.40. The summed E-state index contributed by atoms with van der Waals surface area (Å²) in [5.74, 6) is 0. The largest absolute Gasteiger partial charge is 0.329 e. The molecule has 1 aliphatic rings. The predicted molar refractivity (Wildman–Crippen MR) is 81.7 cm³/mol. The van der Waals surface area contributed by atoms with Crippen LogP contribution < -0.4 is 5.73 Å². The van der Waals surface area contributed by atoms with Crippen molar-refractivity contribution in [3.05, 3.63) is 63.4 Å². The molecule has 1 aromatic carbocycles. The fraction of sp³-hybridized carbons (Fsp3) is 0.267. The van der Waals surface area contributed by atoms with Crippen LogP contribution in [0.4, 0.5) is 0 Å². The maximum absolute atomic E-state index is 6.34. The zero-order chi connectivity index (χ0) is 14.1. The number of pyridine rings is 1. The molecule has 1 aromatic heterocycles. The van der Waals surface area contributed by atoms with Gasteiger partial charge in [-0.1, -0.05) is 29.3 Å². The Morgan fingerprint density at radius 2 is 2.20 bits per heavy atom. The van der Waals surface area contributed by atoms with E-state index >= 15 is 0 Å². The molecule has 0 bridgehead atoms. The van der Waals surface area contributed by atoms with Crippen molar-refractivity contribution in [1.29, 1.82) is 0 Å². The average molecular weight is 308 g/mol. The minimum atomic E-state index is 0.134. The van der Waals surface area contributed by atoms with E-state index in [1.165, 1.54) is 11.1 Å². The zero-order valence-corrected chi connectivity index (χ0v) is 12.4. The van der Waals surface area contributed by atoms with Crippen LogP contribution in [0.15, 0.2) is 36.7 Å². The number of hydrogen-bond acceptors (Lipinski definition) is 3. The number of hydrogen-bond donors (Lipinski definition) is 1. The molecule has 2 N–H and O–H groups in total. The van der Waals surface area contributed by atoms with Crippen LogP contribution in [0.3, 0.4) is 0 Å². The van der Waals surface area contributed by atoms with Gasteiger partial charge in [-0.05, 0) is 34.9 Å². The van der Waals surface area contributed by atoms with E-state index in [1.807, 2.05) is 18.3 Å². The minimum absolute atomic E-state index is 0.134. The molecule has 1 aliphatic heterocycles. The second-order valence-electron chi connectivity index (χ2n) is 4.98. The summed E-state index contributed by atoms with van der Waals surface area (Å²) in [7, 11) is 0. The number of rotatable bonds is 3. The topological polar surface area (TPSA) is 42.1 Å². The third-order valence-electron chi connectivity index (χ3n) is 3.66. The molecule has 3 rings (SSSR count). The number of halogens is 2. The smallest absolute Gasteiger partial charge is 0.0495 e. The molecule has 20 heavy (non-hydrogen) atoms.